The highest BCUT2D eigenvalue weighted by molar-refractivity contribution is 7.92. The fourth-order valence-electron chi connectivity index (χ4n) is 4.13. The van der Waals surface area contributed by atoms with Gasteiger partial charge in [0.25, 0.3) is 0 Å². The standard InChI is InChI=1S/C23H24FNO5S/c1-4-29-23(26)21-18-12-17-14(2)6-5-11-25(31(3,27)28)19(17)13-20(18)30-22(21)15-7-9-16(24)10-8-15/h7-10,12-14H,4-6,11H2,1-3H3. The van der Waals surface area contributed by atoms with Gasteiger partial charge in [0.2, 0.25) is 10.0 Å². The van der Waals surface area contributed by atoms with E-state index in [-0.39, 0.29) is 23.8 Å². The van der Waals surface area contributed by atoms with E-state index in [0.717, 1.165) is 18.4 Å². The molecule has 0 N–H and O–H groups in total. The number of carbonyl (C=O) groups excluding carboxylic acids is 1. The number of hydrogen-bond acceptors (Lipinski definition) is 5. The average Bonchev–Trinajstić information content (AvgIpc) is 2.99. The summed E-state index contributed by atoms with van der Waals surface area (Å²) in [6, 6.07) is 9.17. The van der Waals surface area contributed by atoms with Crippen molar-refractivity contribution in [2.75, 3.05) is 23.7 Å². The molecule has 1 atom stereocenters. The Labute approximate surface area is 180 Å². The fraction of sp³-hybridized carbons (Fsp3) is 0.348. The third kappa shape index (κ3) is 3.92. The van der Waals surface area contributed by atoms with Crippen LogP contribution in [0.3, 0.4) is 0 Å². The number of furan rings is 1. The van der Waals surface area contributed by atoms with Gasteiger partial charge in [0.05, 0.1) is 18.6 Å². The van der Waals surface area contributed by atoms with Crippen LogP contribution in [0.15, 0.2) is 40.8 Å². The van der Waals surface area contributed by atoms with E-state index in [1.807, 2.05) is 13.0 Å². The molecule has 164 valence electrons. The maximum atomic E-state index is 13.4. The molecule has 0 spiro atoms. The second-order valence-corrected chi connectivity index (χ2v) is 9.73. The molecule has 0 radical (unpaired) electrons. The van der Waals surface area contributed by atoms with Crippen molar-refractivity contribution in [1.82, 2.24) is 0 Å². The van der Waals surface area contributed by atoms with Crippen LogP contribution in [-0.4, -0.2) is 33.8 Å². The van der Waals surface area contributed by atoms with Crippen molar-refractivity contribution in [2.24, 2.45) is 0 Å². The van der Waals surface area contributed by atoms with E-state index in [1.165, 1.54) is 34.8 Å². The molecule has 0 aliphatic carbocycles. The summed E-state index contributed by atoms with van der Waals surface area (Å²) in [5.74, 6) is -0.568. The molecule has 6 nitrogen and oxygen atoms in total. The van der Waals surface area contributed by atoms with E-state index in [4.69, 9.17) is 9.15 Å². The fourth-order valence-corrected chi connectivity index (χ4v) is 5.11. The molecule has 1 aromatic heterocycles. The second kappa shape index (κ2) is 8.00. The van der Waals surface area contributed by atoms with Crippen LogP contribution in [-0.2, 0) is 14.8 Å². The van der Waals surface area contributed by atoms with Crippen molar-refractivity contribution in [2.45, 2.75) is 32.6 Å². The summed E-state index contributed by atoms with van der Waals surface area (Å²) < 4.78 is 51.1. The Kier molecular flexibility index (Phi) is 5.51. The highest BCUT2D eigenvalue weighted by Crippen LogP contribution is 2.42. The van der Waals surface area contributed by atoms with Crippen LogP contribution in [0.1, 0.15) is 48.5 Å². The number of anilines is 1. The van der Waals surface area contributed by atoms with Crippen LogP contribution in [0, 0.1) is 5.82 Å². The summed E-state index contributed by atoms with van der Waals surface area (Å²) in [5.41, 5.74) is 2.57. The topological polar surface area (TPSA) is 76.8 Å². The number of benzene rings is 2. The Morgan fingerprint density at radius 3 is 2.61 bits per heavy atom. The van der Waals surface area contributed by atoms with Crippen LogP contribution in [0.2, 0.25) is 0 Å². The summed E-state index contributed by atoms with van der Waals surface area (Å²) in [6.45, 7) is 4.34. The number of carbonyl (C=O) groups is 1. The zero-order valence-electron chi connectivity index (χ0n) is 17.6. The van der Waals surface area contributed by atoms with Crippen molar-refractivity contribution in [3.63, 3.8) is 0 Å². The van der Waals surface area contributed by atoms with E-state index in [2.05, 4.69) is 0 Å². The molecule has 0 fully saturated rings. The molecule has 1 aliphatic heterocycles. The summed E-state index contributed by atoms with van der Waals surface area (Å²) in [7, 11) is -3.48. The van der Waals surface area contributed by atoms with E-state index in [1.54, 1.807) is 13.0 Å². The minimum atomic E-state index is -3.48. The normalized spacial score (nSPS) is 16.8. The van der Waals surface area contributed by atoms with Gasteiger partial charge in [0.1, 0.15) is 22.7 Å². The second-order valence-electron chi connectivity index (χ2n) is 7.82. The van der Waals surface area contributed by atoms with Gasteiger partial charge in [-0.15, -0.1) is 0 Å². The molecule has 2 aromatic carbocycles. The minimum Gasteiger partial charge on any atom is -0.462 e. The smallest absolute Gasteiger partial charge is 0.342 e. The van der Waals surface area contributed by atoms with Gasteiger partial charge in [-0.3, -0.25) is 4.31 Å². The molecule has 4 rings (SSSR count). The maximum absolute atomic E-state index is 13.4. The SMILES string of the molecule is CCOC(=O)c1c(-c2ccc(F)cc2)oc2cc3c(cc12)C(C)CCCN3S(C)(=O)=O. The van der Waals surface area contributed by atoms with Crippen LogP contribution in [0.5, 0.6) is 0 Å². The quantitative estimate of drug-likeness (QED) is 0.524. The van der Waals surface area contributed by atoms with E-state index in [0.29, 0.717) is 28.8 Å². The third-order valence-electron chi connectivity index (χ3n) is 5.62. The molecule has 0 amide bonds. The van der Waals surface area contributed by atoms with Gasteiger partial charge in [-0.05, 0) is 61.6 Å². The lowest BCUT2D eigenvalue weighted by molar-refractivity contribution is 0.0528. The molecule has 0 bridgehead atoms. The Morgan fingerprint density at radius 1 is 1.26 bits per heavy atom. The predicted octanol–water partition coefficient (Wildman–Crippen LogP) is 5.08. The van der Waals surface area contributed by atoms with Gasteiger partial charge >= 0.3 is 5.97 Å². The summed E-state index contributed by atoms with van der Waals surface area (Å²) in [5, 5.41) is 0.554. The predicted molar refractivity (Wildman–Crippen MR) is 117 cm³/mol. The molecule has 0 saturated heterocycles. The largest absolute Gasteiger partial charge is 0.462 e. The highest BCUT2D eigenvalue weighted by atomic mass is 32.2. The van der Waals surface area contributed by atoms with Gasteiger partial charge < -0.3 is 9.15 Å². The van der Waals surface area contributed by atoms with Crippen molar-refractivity contribution < 1.29 is 26.8 Å². The zero-order chi connectivity index (χ0) is 22.3. The molecule has 31 heavy (non-hydrogen) atoms. The van der Waals surface area contributed by atoms with Gasteiger partial charge in [0.15, 0.2) is 0 Å². The Hall–Kier alpha value is -2.87. The first-order valence-electron chi connectivity index (χ1n) is 10.2. The molecule has 0 saturated carbocycles. The monoisotopic (exact) mass is 445 g/mol. The van der Waals surface area contributed by atoms with Gasteiger partial charge in [0, 0.05) is 23.6 Å². The lowest BCUT2D eigenvalue weighted by Gasteiger charge is -2.23. The molecule has 3 aromatic rings. The van der Waals surface area contributed by atoms with Crippen molar-refractivity contribution >= 4 is 32.6 Å². The van der Waals surface area contributed by atoms with Crippen molar-refractivity contribution in [3.05, 3.63) is 53.3 Å². The van der Waals surface area contributed by atoms with Gasteiger partial charge in [-0.1, -0.05) is 6.92 Å². The Morgan fingerprint density at radius 2 is 1.97 bits per heavy atom. The van der Waals surface area contributed by atoms with Crippen LogP contribution < -0.4 is 4.31 Å². The van der Waals surface area contributed by atoms with Gasteiger partial charge in [-0.2, -0.15) is 0 Å². The van der Waals surface area contributed by atoms with E-state index >= 15 is 0 Å². The molecular formula is C23H24FNO5S. The number of hydrogen-bond donors (Lipinski definition) is 0. The van der Waals surface area contributed by atoms with E-state index < -0.39 is 21.8 Å². The molecule has 2 heterocycles. The maximum Gasteiger partial charge on any atom is 0.342 e. The summed E-state index contributed by atoms with van der Waals surface area (Å²) in [6.07, 6.45) is 2.74. The Bertz CT molecular complexity index is 1250. The lowest BCUT2D eigenvalue weighted by atomic mass is 9.94. The van der Waals surface area contributed by atoms with Gasteiger partial charge in [-0.25, -0.2) is 17.6 Å². The van der Waals surface area contributed by atoms with Crippen LogP contribution >= 0.6 is 0 Å². The number of fused-ring (bicyclic) bond motifs is 2. The Balaban J connectivity index is 2.01. The van der Waals surface area contributed by atoms with Crippen LogP contribution in [0.4, 0.5) is 10.1 Å². The molecule has 1 unspecified atom stereocenters. The number of halogens is 1. The van der Waals surface area contributed by atoms with Crippen molar-refractivity contribution in [3.8, 4) is 11.3 Å². The third-order valence-corrected chi connectivity index (χ3v) is 6.80. The molecular weight excluding hydrogens is 421 g/mol. The first kappa shape index (κ1) is 21.4. The highest BCUT2D eigenvalue weighted by Gasteiger charge is 2.30. The van der Waals surface area contributed by atoms with Crippen LogP contribution in [0.25, 0.3) is 22.3 Å². The first-order chi connectivity index (χ1) is 14.7. The number of ether oxygens (including phenoxy) is 1. The average molecular weight is 446 g/mol. The van der Waals surface area contributed by atoms with E-state index in [9.17, 15) is 17.6 Å². The number of nitrogens with zero attached hydrogens (tertiary/aromatic N) is 1. The number of rotatable bonds is 4. The van der Waals surface area contributed by atoms with Crippen molar-refractivity contribution in [1.29, 1.82) is 0 Å². The number of esters is 1. The zero-order valence-corrected chi connectivity index (χ0v) is 18.5. The lowest BCUT2D eigenvalue weighted by Crippen LogP contribution is -2.30. The number of sulfonamides is 1. The molecule has 8 heteroatoms. The first-order valence-corrected chi connectivity index (χ1v) is 12.1. The molecule has 1 aliphatic rings. The summed E-state index contributed by atoms with van der Waals surface area (Å²) in [4.78, 5) is 12.9. The summed E-state index contributed by atoms with van der Waals surface area (Å²) >= 11 is 0. The minimum absolute atomic E-state index is 0.102.